The highest BCUT2D eigenvalue weighted by Crippen LogP contribution is 2.26. The molecule has 0 fully saturated rings. The van der Waals surface area contributed by atoms with Crippen LogP contribution in [0, 0.1) is 6.92 Å². The van der Waals surface area contributed by atoms with Gasteiger partial charge in [0.1, 0.15) is 0 Å². The summed E-state index contributed by atoms with van der Waals surface area (Å²) in [5, 5.41) is 9.88. The van der Waals surface area contributed by atoms with Crippen LogP contribution in [0.1, 0.15) is 11.3 Å². The molecule has 102 valence electrons. The average molecular weight is 286 g/mol. The summed E-state index contributed by atoms with van der Waals surface area (Å²) < 4.78 is 1.91. The number of rotatable bonds is 3. The maximum atomic E-state index is 6.23. The Hall–Kier alpha value is -2.00. The molecule has 0 spiro atoms. The smallest absolute Gasteiger partial charge is 0.0894 e. The number of fused-ring (bicyclic) bond motifs is 1. The number of hydrogen-bond acceptors (Lipinski definition) is 2. The zero-order valence-electron chi connectivity index (χ0n) is 11.5. The fourth-order valence-corrected chi connectivity index (χ4v) is 2.74. The van der Waals surface area contributed by atoms with Crippen LogP contribution in [0.15, 0.2) is 42.5 Å². The summed E-state index contributed by atoms with van der Waals surface area (Å²) in [5.41, 5.74) is 4.28. The molecular formula is C16H16ClN3. The van der Waals surface area contributed by atoms with Gasteiger partial charge in [-0.15, -0.1) is 0 Å². The average Bonchev–Trinajstić information content (AvgIpc) is 2.76. The highest BCUT2D eigenvalue weighted by atomic mass is 35.5. The van der Waals surface area contributed by atoms with E-state index in [9.17, 15) is 0 Å². The van der Waals surface area contributed by atoms with E-state index in [0.717, 1.165) is 27.5 Å². The van der Waals surface area contributed by atoms with Gasteiger partial charge in [-0.25, -0.2) is 0 Å². The number of aromatic nitrogens is 2. The molecule has 20 heavy (non-hydrogen) atoms. The van der Waals surface area contributed by atoms with Crippen LogP contribution in [0.2, 0.25) is 5.02 Å². The Labute approximate surface area is 123 Å². The van der Waals surface area contributed by atoms with Gasteiger partial charge < -0.3 is 5.32 Å². The molecule has 0 aliphatic heterocycles. The van der Waals surface area contributed by atoms with Gasteiger partial charge >= 0.3 is 0 Å². The lowest BCUT2D eigenvalue weighted by Crippen LogP contribution is -2.03. The molecule has 0 saturated carbocycles. The van der Waals surface area contributed by atoms with Crippen LogP contribution in [0.25, 0.3) is 10.9 Å². The highest BCUT2D eigenvalue weighted by Gasteiger charge is 2.09. The zero-order valence-corrected chi connectivity index (χ0v) is 12.3. The number of nitrogens with one attached hydrogen (secondary N) is 1. The normalized spacial score (nSPS) is 10.9. The number of para-hydroxylation sites is 2. The lowest BCUT2D eigenvalue weighted by Gasteiger charge is -2.10. The summed E-state index contributed by atoms with van der Waals surface area (Å²) in [7, 11) is 1.96. The molecule has 0 unspecified atom stereocenters. The van der Waals surface area contributed by atoms with Crippen molar-refractivity contribution in [2.75, 3.05) is 5.32 Å². The Morgan fingerprint density at radius 1 is 1.15 bits per heavy atom. The van der Waals surface area contributed by atoms with Crippen molar-refractivity contribution < 1.29 is 0 Å². The van der Waals surface area contributed by atoms with E-state index in [0.29, 0.717) is 6.54 Å². The van der Waals surface area contributed by atoms with Crippen molar-refractivity contribution in [3.8, 4) is 0 Å². The van der Waals surface area contributed by atoms with Gasteiger partial charge in [0.15, 0.2) is 0 Å². The minimum Gasteiger partial charge on any atom is -0.378 e. The van der Waals surface area contributed by atoms with E-state index in [1.54, 1.807) is 0 Å². The first kappa shape index (κ1) is 13.0. The number of hydrogen-bond donors (Lipinski definition) is 1. The van der Waals surface area contributed by atoms with E-state index >= 15 is 0 Å². The van der Waals surface area contributed by atoms with Gasteiger partial charge in [-0.1, -0.05) is 41.9 Å². The summed E-state index contributed by atoms with van der Waals surface area (Å²) in [5.74, 6) is 0. The largest absolute Gasteiger partial charge is 0.378 e. The lowest BCUT2D eigenvalue weighted by atomic mass is 10.2. The fraction of sp³-hybridized carbons (Fsp3) is 0.188. The van der Waals surface area contributed by atoms with Crippen LogP contribution >= 0.6 is 11.6 Å². The number of aryl methyl sites for hydroxylation is 2. The fourth-order valence-electron chi connectivity index (χ4n) is 2.45. The quantitative estimate of drug-likeness (QED) is 0.783. The van der Waals surface area contributed by atoms with Crippen LogP contribution in [-0.2, 0) is 13.6 Å². The van der Waals surface area contributed by atoms with E-state index in [1.807, 2.05) is 49.0 Å². The molecular weight excluding hydrogens is 270 g/mol. The number of anilines is 1. The van der Waals surface area contributed by atoms with E-state index in [2.05, 4.69) is 22.5 Å². The molecule has 1 heterocycles. The molecule has 0 aliphatic rings. The van der Waals surface area contributed by atoms with Gasteiger partial charge in [0.25, 0.3) is 0 Å². The topological polar surface area (TPSA) is 29.9 Å². The molecule has 3 rings (SSSR count). The second-order valence-corrected chi connectivity index (χ2v) is 5.28. The first-order chi connectivity index (χ1) is 9.66. The maximum Gasteiger partial charge on any atom is 0.0894 e. The predicted octanol–water partition coefficient (Wildman–Crippen LogP) is 4.15. The van der Waals surface area contributed by atoms with Crippen molar-refractivity contribution in [3.05, 3.63) is 58.7 Å². The first-order valence-electron chi connectivity index (χ1n) is 6.56. The second-order valence-electron chi connectivity index (χ2n) is 4.87. The molecule has 0 radical (unpaired) electrons. The molecule has 3 aromatic rings. The van der Waals surface area contributed by atoms with E-state index < -0.39 is 0 Å². The summed E-state index contributed by atoms with van der Waals surface area (Å²) in [6.07, 6.45) is 0. The SMILES string of the molecule is Cc1cccc(Cl)c1NCc1nn(C)c2ccccc12. The Balaban J connectivity index is 1.91. The zero-order chi connectivity index (χ0) is 14.1. The van der Waals surface area contributed by atoms with Crippen molar-refractivity contribution >= 4 is 28.2 Å². The van der Waals surface area contributed by atoms with Crippen LogP contribution in [0.4, 0.5) is 5.69 Å². The van der Waals surface area contributed by atoms with Crippen molar-refractivity contribution in [2.45, 2.75) is 13.5 Å². The molecule has 1 N–H and O–H groups in total. The summed E-state index contributed by atoms with van der Waals surface area (Å²) in [4.78, 5) is 0. The summed E-state index contributed by atoms with van der Waals surface area (Å²) in [6, 6.07) is 14.1. The van der Waals surface area contributed by atoms with Gasteiger partial charge in [0.05, 0.1) is 28.5 Å². The maximum absolute atomic E-state index is 6.23. The van der Waals surface area contributed by atoms with Gasteiger partial charge in [0.2, 0.25) is 0 Å². The third kappa shape index (κ3) is 2.25. The number of benzene rings is 2. The Kier molecular flexibility index (Phi) is 3.36. The number of nitrogens with zero attached hydrogens (tertiary/aromatic N) is 2. The molecule has 4 heteroatoms. The van der Waals surface area contributed by atoms with Crippen LogP contribution in [0.3, 0.4) is 0 Å². The summed E-state index contributed by atoms with van der Waals surface area (Å²) >= 11 is 6.23. The number of halogens is 1. The predicted molar refractivity (Wildman–Crippen MR) is 84.2 cm³/mol. The molecule has 0 atom stereocenters. The molecule has 2 aromatic carbocycles. The third-order valence-corrected chi connectivity index (χ3v) is 3.80. The molecule has 0 bridgehead atoms. The van der Waals surface area contributed by atoms with Crippen LogP contribution < -0.4 is 5.32 Å². The van der Waals surface area contributed by atoms with Gasteiger partial charge in [-0.2, -0.15) is 5.10 Å². The standard InChI is InChI=1S/C16H16ClN3/c1-11-6-5-8-13(17)16(11)18-10-14-12-7-3-4-9-15(12)20(2)19-14/h3-9,18H,10H2,1-2H3. The van der Waals surface area contributed by atoms with Gasteiger partial charge in [-0.05, 0) is 24.6 Å². The Morgan fingerprint density at radius 2 is 1.95 bits per heavy atom. The van der Waals surface area contributed by atoms with E-state index in [4.69, 9.17) is 11.6 Å². The summed E-state index contributed by atoms with van der Waals surface area (Å²) in [6.45, 7) is 2.71. The van der Waals surface area contributed by atoms with Gasteiger partial charge in [0, 0.05) is 12.4 Å². The van der Waals surface area contributed by atoms with Crippen molar-refractivity contribution in [2.24, 2.45) is 7.05 Å². The Morgan fingerprint density at radius 3 is 2.75 bits per heavy atom. The molecule has 0 saturated heterocycles. The monoisotopic (exact) mass is 285 g/mol. The highest BCUT2D eigenvalue weighted by molar-refractivity contribution is 6.33. The second kappa shape index (κ2) is 5.17. The lowest BCUT2D eigenvalue weighted by molar-refractivity contribution is 0.771. The minimum absolute atomic E-state index is 0.659. The molecule has 3 nitrogen and oxygen atoms in total. The van der Waals surface area contributed by atoms with Crippen molar-refractivity contribution in [1.82, 2.24) is 9.78 Å². The molecule has 0 amide bonds. The van der Waals surface area contributed by atoms with E-state index in [-0.39, 0.29) is 0 Å². The van der Waals surface area contributed by atoms with E-state index in [1.165, 1.54) is 5.39 Å². The first-order valence-corrected chi connectivity index (χ1v) is 6.94. The Bertz CT molecular complexity index is 741. The van der Waals surface area contributed by atoms with Gasteiger partial charge in [-0.3, -0.25) is 4.68 Å². The van der Waals surface area contributed by atoms with Crippen LogP contribution in [-0.4, -0.2) is 9.78 Å². The van der Waals surface area contributed by atoms with Crippen molar-refractivity contribution in [1.29, 1.82) is 0 Å². The van der Waals surface area contributed by atoms with Crippen LogP contribution in [0.5, 0.6) is 0 Å². The minimum atomic E-state index is 0.659. The van der Waals surface area contributed by atoms with Crippen molar-refractivity contribution in [3.63, 3.8) is 0 Å². The third-order valence-electron chi connectivity index (χ3n) is 3.49. The molecule has 1 aromatic heterocycles. The molecule has 0 aliphatic carbocycles.